The van der Waals surface area contributed by atoms with E-state index in [4.69, 9.17) is 9.47 Å². The number of esters is 1. The highest BCUT2D eigenvalue weighted by Crippen LogP contribution is 2.32. The third kappa shape index (κ3) is 4.44. The smallest absolute Gasteiger partial charge is 0.311 e. The number of nitrogens with zero attached hydrogens (tertiary/aromatic N) is 1. The van der Waals surface area contributed by atoms with E-state index in [1.54, 1.807) is 20.8 Å². The summed E-state index contributed by atoms with van der Waals surface area (Å²) in [5, 5.41) is 13.4. The molecular weight excluding hydrogens is 292 g/mol. The van der Waals surface area contributed by atoms with Crippen molar-refractivity contribution in [1.29, 1.82) is 0 Å². The molecule has 1 amide bonds. The lowest BCUT2D eigenvalue weighted by Crippen LogP contribution is -2.23. The predicted octanol–water partition coefficient (Wildman–Crippen LogP) is 2.05. The Kier molecular flexibility index (Phi) is 5.85. The molecule has 0 atom stereocenters. The molecule has 1 aromatic carbocycles. The quantitative estimate of drug-likeness (QED) is 0.489. The predicted molar refractivity (Wildman–Crippen MR) is 78.8 cm³/mol. The first kappa shape index (κ1) is 17.4. The molecule has 8 nitrogen and oxygen atoms in total. The van der Waals surface area contributed by atoms with E-state index in [1.165, 1.54) is 19.2 Å². The SMILES string of the molecule is COc1cc(NC(=O)COC(=O)C(C)C)c(C)cc1[N+](=O)[O-]. The van der Waals surface area contributed by atoms with Crippen molar-refractivity contribution in [3.63, 3.8) is 0 Å². The largest absolute Gasteiger partial charge is 0.490 e. The van der Waals surface area contributed by atoms with Crippen LogP contribution in [0.2, 0.25) is 0 Å². The topological polar surface area (TPSA) is 108 Å². The molecule has 0 bridgehead atoms. The summed E-state index contributed by atoms with van der Waals surface area (Å²) in [6.07, 6.45) is 0. The van der Waals surface area contributed by atoms with E-state index in [-0.39, 0.29) is 17.4 Å². The van der Waals surface area contributed by atoms with Crippen molar-refractivity contribution in [3.05, 3.63) is 27.8 Å². The van der Waals surface area contributed by atoms with E-state index < -0.39 is 23.4 Å². The number of methoxy groups -OCH3 is 1. The summed E-state index contributed by atoms with van der Waals surface area (Å²) in [5.41, 5.74) is 0.660. The fourth-order valence-electron chi connectivity index (χ4n) is 1.60. The molecule has 0 fully saturated rings. The molecule has 1 N–H and O–H groups in total. The van der Waals surface area contributed by atoms with Crippen molar-refractivity contribution in [2.24, 2.45) is 5.92 Å². The number of rotatable bonds is 6. The third-order valence-corrected chi connectivity index (χ3v) is 2.81. The second-order valence-corrected chi connectivity index (χ2v) is 4.91. The highest BCUT2D eigenvalue weighted by atomic mass is 16.6. The molecule has 0 saturated heterocycles. The zero-order valence-electron chi connectivity index (χ0n) is 12.8. The van der Waals surface area contributed by atoms with Gasteiger partial charge in [-0.25, -0.2) is 0 Å². The first-order valence-corrected chi connectivity index (χ1v) is 6.55. The summed E-state index contributed by atoms with van der Waals surface area (Å²) in [6.45, 7) is 4.51. The maximum Gasteiger partial charge on any atom is 0.311 e. The average molecular weight is 310 g/mol. The minimum Gasteiger partial charge on any atom is -0.490 e. The molecule has 0 aliphatic rings. The van der Waals surface area contributed by atoms with E-state index in [2.05, 4.69) is 5.32 Å². The van der Waals surface area contributed by atoms with E-state index >= 15 is 0 Å². The van der Waals surface area contributed by atoms with Crippen LogP contribution in [0.4, 0.5) is 11.4 Å². The van der Waals surface area contributed by atoms with Gasteiger partial charge in [0.25, 0.3) is 5.91 Å². The second-order valence-electron chi connectivity index (χ2n) is 4.91. The first-order valence-electron chi connectivity index (χ1n) is 6.55. The molecule has 0 heterocycles. The lowest BCUT2D eigenvalue weighted by Gasteiger charge is -2.11. The number of nitrogens with one attached hydrogen (secondary N) is 1. The van der Waals surface area contributed by atoms with E-state index in [9.17, 15) is 19.7 Å². The molecule has 0 radical (unpaired) electrons. The van der Waals surface area contributed by atoms with Crippen LogP contribution in [0.5, 0.6) is 5.75 Å². The summed E-state index contributed by atoms with van der Waals surface area (Å²) in [7, 11) is 1.30. The number of carbonyl (C=O) groups excluding carboxylic acids is 2. The van der Waals surface area contributed by atoms with Crippen molar-refractivity contribution in [1.82, 2.24) is 0 Å². The van der Waals surface area contributed by atoms with Gasteiger partial charge in [0, 0.05) is 17.8 Å². The van der Waals surface area contributed by atoms with Gasteiger partial charge in [-0.05, 0) is 12.5 Å². The van der Waals surface area contributed by atoms with Crippen LogP contribution in [0.25, 0.3) is 0 Å². The van der Waals surface area contributed by atoms with Crippen molar-refractivity contribution in [3.8, 4) is 5.75 Å². The van der Waals surface area contributed by atoms with Crippen LogP contribution in [0.1, 0.15) is 19.4 Å². The monoisotopic (exact) mass is 310 g/mol. The Morgan fingerprint density at radius 2 is 2.00 bits per heavy atom. The molecule has 22 heavy (non-hydrogen) atoms. The van der Waals surface area contributed by atoms with Crippen LogP contribution in [-0.4, -0.2) is 30.5 Å². The molecule has 1 aromatic rings. The van der Waals surface area contributed by atoms with Crippen LogP contribution >= 0.6 is 0 Å². The number of hydrogen-bond acceptors (Lipinski definition) is 6. The van der Waals surface area contributed by atoms with Crippen LogP contribution < -0.4 is 10.1 Å². The number of benzene rings is 1. The van der Waals surface area contributed by atoms with Crippen LogP contribution in [0, 0.1) is 23.0 Å². The minimum absolute atomic E-state index is 0.0325. The fraction of sp³-hybridized carbons (Fsp3) is 0.429. The number of ether oxygens (including phenoxy) is 2. The van der Waals surface area contributed by atoms with Gasteiger partial charge in [-0.2, -0.15) is 0 Å². The fourth-order valence-corrected chi connectivity index (χ4v) is 1.60. The summed E-state index contributed by atoms with van der Waals surface area (Å²) in [6, 6.07) is 2.66. The van der Waals surface area contributed by atoms with Crippen LogP contribution in [0.3, 0.4) is 0 Å². The highest BCUT2D eigenvalue weighted by molar-refractivity contribution is 5.94. The molecule has 0 unspecified atom stereocenters. The summed E-state index contributed by atoms with van der Waals surface area (Å²) >= 11 is 0. The van der Waals surface area contributed by atoms with Crippen molar-refractivity contribution in [2.45, 2.75) is 20.8 Å². The number of hydrogen-bond donors (Lipinski definition) is 1. The van der Waals surface area contributed by atoms with E-state index in [0.717, 1.165) is 0 Å². The molecular formula is C14H18N2O6. The van der Waals surface area contributed by atoms with Gasteiger partial charge in [0.05, 0.1) is 18.0 Å². The van der Waals surface area contributed by atoms with E-state index in [0.29, 0.717) is 11.3 Å². The second kappa shape index (κ2) is 7.39. The Labute approximate surface area is 127 Å². The van der Waals surface area contributed by atoms with E-state index in [1.807, 2.05) is 0 Å². The number of nitro benzene ring substituents is 1. The van der Waals surface area contributed by atoms with Crippen molar-refractivity contribution in [2.75, 3.05) is 19.0 Å². The molecule has 0 aliphatic carbocycles. The Morgan fingerprint density at radius 1 is 1.36 bits per heavy atom. The molecule has 0 saturated carbocycles. The van der Waals surface area contributed by atoms with Gasteiger partial charge in [-0.3, -0.25) is 19.7 Å². The van der Waals surface area contributed by atoms with Gasteiger partial charge < -0.3 is 14.8 Å². The highest BCUT2D eigenvalue weighted by Gasteiger charge is 2.19. The van der Waals surface area contributed by atoms with Gasteiger partial charge in [-0.15, -0.1) is 0 Å². The lowest BCUT2D eigenvalue weighted by molar-refractivity contribution is -0.385. The molecule has 0 spiro atoms. The molecule has 120 valence electrons. The number of carbonyl (C=O) groups is 2. The Balaban J connectivity index is 2.83. The van der Waals surface area contributed by atoms with Crippen LogP contribution in [0.15, 0.2) is 12.1 Å². The zero-order chi connectivity index (χ0) is 16.9. The third-order valence-electron chi connectivity index (χ3n) is 2.81. The molecule has 0 aliphatic heterocycles. The summed E-state index contributed by atoms with van der Waals surface area (Å²) in [4.78, 5) is 33.4. The standard InChI is InChI=1S/C14H18N2O6/c1-8(2)14(18)22-7-13(17)15-10-6-12(21-4)11(16(19)20)5-9(10)3/h5-6,8H,7H2,1-4H3,(H,15,17). The Hall–Kier alpha value is -2.64. The Morgan fingerprint density at radius 3 is 2.50 bits per heavy atom. The molecule has 0 aromatic heterocycles. The van der Waals surface area contributed by atoms with Gasteiger partial charge in [-0.1, -0.05) is 13.8 Å². The van der Waals surface area contributed by atoms with Gasteiger partial charge in [0.2, 0.25) is 0 Å². The molecule has 8 heteroatoms. The van der Waals surface area contributed by atoms with Crippen molar-refractivity contribution >= 4 is 23.3 Å². The number of amides is 1. The summed E-state index contributed by atoms with van der Waals surface area (Å²) in [5.74, 6) is -1.31. The van der Waals surface area contributed by atoms with Gasteiger partial charge in [0.1, 0.15) is 0 Å². The number of aryl methyl sites for hydroxylation is 1. The molecule has 1 rings (SSSR count). The average Bonchev–Trinajstić information content (AvgIpc) is 2.45. The number of nitro groups is 1. The van der Waals surface area contributed by atoms with Crippen molar-refractivity contribution < 1.29 is 24.0 Å². The van der Waals surface area contributed by atoms with Gasteiger partial charge in [0.15, 0.2) is 12.4 Å². The Bertz CT molecular complexity index is 597. The minimum atomic E-state index is -0.568. The number of anilines is 1. The zero-order valence-corrected chi connectivity index (χ0v) is 12.8. The van der Waals surface area contributed by atoms with Gasteiger partial charge >= 0.3 is 11.7 Å². The first-order chi connectivity index (χ1) is 10.3. The van der Waals surface area contributed by atoms with Crippen LogP contribution in [-0.2, 0) is 14.3 Å². The summed E-state index contributed by atoms with van der Waals surface area (Å²) < 4.78 is 9.74. The maximum atomic E-state index is 11.7. The lowest BCUT2D eigenvalue weighted by atomic mass is 10.1. The maximum absolute atomic E-state index is 11.7. The normalized spacial score (nSPS) is 10.2.